The molecule has 1 N–H and O–H groups in total. The van der Waals surface area contributed by atoms with Crippen molar-refractivity contribution in [2.45, 2.75) is 6.04 Å². The fourth-order valence-corrected chi connectivity index (χ4v) is 3.37. The van der Waals surface area contributed by atoms with E-state index in [0.29, 0.717) is 0 Å². The Kier molecular flexibility index (Phi) is 6.57. The zero-order valence-corrected chi connectivity index (χ0v) is 11.4. The highest BCUT2D eigenvalue weighted by molar-refractivity contribution is 6.60. The number of nitrogens with zero attached hydrogens (tertiary/aromatic N) is 1. The monoisotopic (exact) mass is 238 g/mol. The number of likely N-dealkylation sites (N-methyl/N-ethyl adjacent to an activating group) is 1. The van der Waals surface area contributed by atoms with Crippen molar-refractivity contribution in [2.24, 2.45) is 0 Å². The van der Waals surface area contributed by atoms with Gasteiger partial charge in [-0.05, 0) is 0 Å². The molecule has 0 aliphatic heterocycles. The summed E-state index contributed by atoms with van der Waals surface area (Å²) in [5, 5.41) is 8.90. The van der Waals surface area contributed by atoms with Gasteiger partial charge in [-0.3, -0.25) is 0 Å². The van der Waals surface area contributed by atoms with E-state index in [1.54, 1.807) is 21.3 Å². The van der Waals surface area contributed by atoms with E-state index in [1.807, 2.05) is 0 Å². The van der Waals surface area contributed by atoms with Gasteiger partial charge >= 0.3 is 8.80 Å². The lowest BCUT2D eigenvalue weighted by molar-refractivity contribution is -0.888. The quantitative estimate of drug-likeness (QED) is 0.475. The Morgan fingerprint density at radius 2 is 1.47 bits per heavy atom. The minimum absolute atomic E-state index is 0.189. The van der Waals surface area contributed by atoms with Crippen molar-refractivity contribution in [3.8, 4) is 0 Å². The van der Waals surface area contributed by atoms with E-state index in [9.17, 15) is 0 Å². The third-order valence-electron chi connectivity index (χ3n) is 2.66. The number of quaternary nitrogens is 1. The molecule has 0 aliphatic carbocycles. The first-order valence-corrected chi connectivity index (χ1v) is 6.97. The van der Waals surface area contributed by atoms with Crippen LogP contribution >= 0.6 is 0 Å². The molecule has 92 valence electrons. The molecule has 0 aromatic heterocycles. The molecule has 6 heteroatoms. The van der Waals surface area contributed by atoms with Crippen molar-refractivity contribution in [3.63, 3.8) is 0 Å². The van der Waals surface area contributed by atoms with Gasteiger partial charge in [0, 0.05) is 21.3 Å². The first-order chi connectivity index (χ1) is 6.95. The first kappa shape index (κ1) is 15.0. The Hall–Kier alpha value is 0.0169. The van der Waals surface area contributed by atoms with Gasteiger partial charge in [-0.2, -0.15) is 0 Å². The van der Waals surface area contributed by atoms with E-state index in [1.165, 1.54) is 0 Å². The van der Waals surface area contributed by atoms with E-state index in [0.717, 1.165) is 23.6 Å². The van der Waals surface area contributed by atoms with E-state index in [4.69, 9.17) is 18.4 Å². The van der Waals surface area contributed by atoms with Crippen LogP contribution in [0.3, 0.4) is 0 Å². The molecule has 0 bridgehead atoms. The van der Waals surface area contributed by atoms with Crippen LogP contribution in [-0.2, 0) is 13.3 Å². The molecule has 0 spiro atoms. The summed E-state index contributed by atoms with van der Waals surface area (Å²) in [5.41, 5.74) is 0. The molecule has 0 radical (unpaired) electrons. The predicted molar refractivity (Wildman–Crippen MR) is 60.5 cm³/mol. The minimum atomic E-state index is -2.45. The van der Waals surface area contributed by atoms with Gasteiger partial charge in [0.2, 0.25) is 0 Å². The summed E-state index contributed by atoms with van der Waals surface area (Å²) in [6.45, 7) is 1.78. The molecular formula is C9H24NO4Si+. The maximum Gasteiger partial charge on any atom is 0.505 e. The van der Waals surface area contributed by atoms with Crippen molar-refractivity contribution in [2.75, 3.05) is 55.1 Å². The van der Waals surface area contributed by atoms with Gasteiger partial charge in [-0.25, -0.2) is 0 Å². The van der Waals surface area contributed by atoms with Gasteiger partial charge in [-0.1, -0.05) is 0 Å². The second-order valence-electron chi connectivity index (χ2n) is 4.15. The molecule has 0 unspecified atom stereocenters. The van der Waals surface area contributed by atoms with Gasteiger partial charge in [0.25, 0.3) is 0 Å². The lowest BCUT2D eigenvalue weighted by Crippen LogP contribution is -2.50. The molecule has 0 aromatic carbocycles. The van der Waals surface area contributed by atoms with Crippen LogP contribution in [-0.4, -0.2) is 73.5 Å². The summed E-state index contributed by atoms with van der Waals surface area (Å²) in [6.07, 6.45) is 0. The van der Waals surface area contributed by atoms with Crippen molar-refractivity contribution < 1.29 is 22.9 Å². The smallest absolute Gasteiger partial charge is 0.391 e. The zero-order valence-electron chi connectivity index (χ0n) is 10.4. The largest absolute Gasteiger partial charge is 0.505 e. The van der Waals surface area contributed by atoms with Crippen LogP contribution in [0, 0.1) is 0 Å². The molecule has 0 amide bonds. The molecule has 0 aliphatic rings. The van der Waals surface area contributed by atoms with Crippen LogP contribution in [0.15, 0.2) is 0 Å². The van der Waals surface area contributed by atoms with Gasteiger partial charge in [0.1, 0.15) is 6.54 Å². The molecule has 0 fully saturated rings. The molecule has 0 atom stereocenters. The minimum Gasteiger partial charge on any atom is -0.391 e. The van der Waals surface area contributed by atoms with Gasteiger partial charge in [0.15, 0.2) is 0 Å². The second-order valence-corrected chi connectivity index (χ2v) is 7.24. The zero-order chi connectivity index (χ0) is 11.9. The third-order valence-corrected chi connectivity index (χ3v) is 5.36. The van der Waals surface area contributed by atoms with E-state index < -0.39 is 8.80 Å². The van der Waals surface area contributed by atoms with Crippen molar-refractivity contribution in [3.05, 3.63) is 0 Å². The van der Waals surface area contributed by atoms with Gasteiger partial charge in [0.05, 0.1) is 33.3 Å². The van der Waals surface area contributed by atoms with Crippen LogP contribution < -0.4 is 0 Å². The van der Waals surface area contributed by atoms with Crippen LogP contribution in [0.4, 0.5) is 0 Å². The van der Waals surface area contributed by atoms with Crippen molar-refractivity contribution in [1.29, 1.82) is 0 Å². The van der Waals surface area contributed by atoms with Crippen LogP contribution in [0.2, 0.25) is 6.04 Å². The predicted octanol–water partition coefficient (Wildman–Crippen LogP) is -0.0668. The fraction of sp³-hybridized carbons (Fsp3) is 1.00. The fourth-order valence-electron chi connectivity index (χ4n) is 1.38. The van der Waals surface area contributed by atoms with Crippen LogP contribution in [0.25, 0.3) is 0 Å². The SMILES string of the molecule is CO[Si](CC[N+](C)(C)CCO)(OC)OC. The Morgan fingerprint density at radius 1 is 1.00 bits per heavy atom. The molecule has 5 nitrogen and oxygen atoms in total. The van der Waals surface area contributed by atoms with E-state index >= 15 is 0 Å². The van der Waals surface area contributed by atoms with Crippen LogP contribution in [0.1, 0.15) is 0 Å². The third kappa shape index (κ3) is 5.05. The highest BCUT2D eigenvalue weighted by Crippen LogP contribution is 2.14. The lowest BCUT2D eigenvalue weighted by Gasteiger charge is -2.32. The summed E-state index contributed by atoms with van der Waals surface area (Å²) in [6, 6.07) is 0.753. The number of hydrogen-bond acceptors (Lipinski definition) is 4. The van der Waals surface area contributed by atoms with Crippen LogP contribution in [0.5, 0.6) is 0 Å². The Bertz CT molecular complexity index is 165. The van der Waals surface area contributed by atoms with Gasteiger partial charge in [-0.15, -0.1) is 0 Å². The molecule has 0 heterocycles. The Balaban J connectivity index is 4.20. The average molecular weight is 238 g/mol. The maximum absolute atomic E-state index is 8.90. The summed E-state index contributed by atoms with van der Waals surface area (Å²) in [4.78, 5) is 0. The molecule has 15 heavy (non-hydrogen) atoms. The average Bonchev–Trinajstić information content (AvgIpc) is 2.21. The molecule has 0 saturated carbocycles. The highest BCUT2D eigenvalue weighted by atomic mass is 28.4. The summed E-state index contributed by atoms with van der Waals surface area (Å²) in [7, 11) is 6.53. The first-order valence-electron chi connectivity index (χ1n) is 5.03. The number of aliphatic hydroxyl groups excluding tert-OH is 1. The normalized spacial score (nSPS) is 13.2. The highest BCUT2D eigenvalue weighted by Gasteiger charge is 2.39. The summed E-state index contributed by atoms with van der Waals surface area (Å²) >= 11 is 0. The summed E-state index contributed by atoms with van der Waals surface area (Å²) < 4.78 is 16.7. The van der Waals surface area contributed by atoms with E-state index in [2.05, 4.69) is 14.1 Å². The van der Waals surface area contributed by atoms with Crippen molar-refractivity contribution in [1.82, 2.24) is 0 Å². The second kappa shape index (κ2) is 6.57. The number of rotatable bonds is 8. The maximum atomic E-state index is 8.90. The molecule has 0 aromatic rings. The Morgan fingerprint density at radius 3 is 1.80 bits per heavy atom. The summed E-state index contributed by atoms with van der Waals surface area (Å²) in [5.74, 6) is 0. The molecule has 0 saturated heterocycles. The molecule has 0 rings (SSSR count). The lowest BCUT2D eigenvalue weighted by atomic mass is 10.4. The Labute approximate surface area is 93.5 Å². The number of hydrogen-bond donors (Lipinski definition) is 1. The molecular weight excluding hydrogens is 214 g/mol. The van der Waals surface area contributed by atoms with Crippen molar-refractivity contribution >= 4 is 8.80 Å². The van der Waals surface area contributed by atoms with E-state index in [-0.39, 0.29) is 6.61 Å². The van der Waals surface area contributed by atoms with Gasteiger partial charge < -0.3 is 22.9 Å². The standard InChI is InChI=1S/C9H24NO4Si/c1-10(2,6-8-11)7-9-15(12-3,13-4)14-5/h11H,6-9H2,1-5H3/q+1. The number of aliphatic hydroxyl groups is 1. The topological polar surface area (TPSA) is 47.9 Å².